The molecule has 6 nitrogen and oxygen atoms in total. The lowest BCUT2D eigenvalue weighted by Gasteiger charge is -2.29. The lowest BCUT2D eigenvalue weighted by molar-refractivity contribution is -0.124. The summed E-state index contributed by atoms with van der Waals surface area (Å²) in [7, 11) is 0. The lowest BCUT2D eigenvalue weighted by Crippen LogP contribution is -2.39. The Balaban J connectivity index is 1.55. The Kier molecular flexibility index (Phi) is 6.52. The smallest absolute Gasteiger partial charge is 0.267 e. The summed E-state index contributed by atoms with van der Waals surface area (Å²) in [5.74, 6) is 0.357. The van der Waals surface area contributed by atoms with Crippen molar-refractivity contribution in [2.75, 3.05) is 5.32 Å². The number of aromatic nitrogens is 2. The van der Waals surface area contributed by atoms with Gasteiger partial charge < -0.3 is 5.32 Å². The van der Waals surface area contributed by atoms with Crippen molar-refractivity contribution in [3.8, 4) is 0 Å². The average molecular weight is 491 g/mol. The molecule has 2 fully saturated rings. The number of fused-ring (bicyclic) bond motifs is 1. The molecule has 0 bridgehead atoms. The van der Waals surface area contributed by atoms with Gasteiger partial charge in [0.25, 0.3) is 11.5 Å². The highest BCUT2D eigenvalue weighted by Crippen LogP contribution is 2.37. The van der Waals surface area contributed by atoms with Gasteiger partial charge in [-0.15, -0.1) is 0 Å². The second-order valence-electron chi connectivity index (χ2n) is 8.75. The molecule has 0 unspecified atom stereocenters. The quantitative estimate of drug-likeness (QED) is 0.394. The first kappa shape index (κ1) is 22.8. The van der Waals surface area contributed by atoms with Crippen LogP contribution in [-0.2, 0) is 11.3 Å². The van der Waals surface area contributed by atoms with E-state index < -0.39 is 0 Å². The van der Waals surface area contributed by atoms with Crippen molar-refractivity contribution < 1.29 is 4.79 Å². The van der Waals surface area contributed by atoms with Gasteiger partial charge in [-0.3, -0.25) is 18.9 Å². The summed E-state index contributed by atoms with van der Waals surface area (Å²) in [5, 5.41) is 3.33. The number of nitrogens with one attached hydrogen (secondary N) is 1. The van der Waals surface area contributed by atoms with Crippen LogP contribution in [0, 0.1) is 6.92 Å². The van der Waals surface area contributed by atoms with Crippen molar-refractivity contribution >= 4 is 51.7 Å². The van der Waals surface area contributed by atoms with E-state index >= 15 is 0 Å². The van der Waals surface area contributed by atoms with E-state index in [2.05, 4.69) is 5.32 Å². The molecule has 1 amide bonds. The number of thiocarbonyl (C=S) groups is 1. The number of benzene rings is 1. The monoisotopic (exact) mass is 490 g/mol. The van der Waals surface area contributed by atoms with Gasteiger partial charge in [0.15, 0.2) is 0 Å². The fraction of sp³-hybridized carbons (Fsp3) is 0.308. The number of rotatable bonds is 5. The van der Waals surface area contributed by atoms with Crippen LogP contribution in [0.15, 0.2) is 58.4 Å². The Hall–Kier alpha value is -2.97. The van der Waals surface area contributed by atoms with Crippen LogP contribution in [0.2, 0.25) is 0 Å². The van der Waals surface area contributed by atoms with Crippen LogP contribution in [0.1, 0.15) is 48.8 Å². The molecule has 1 aliphatic heterocycles. The zero-order valence-corrected chi connectivity index (χ0v) is 20.6. The molecule has 3 aromatic rings. The van der Waals surface area contributed by atoms with E-state index in [4.69, 9.17) is 17.2 Å². The molecule has 2 aliphatic rings. The number of amides is 1. The van der Waals surface area contributed by atoms with Crippen LogP contribution in [-0.4, -0.2) is 30.6 Å². The molecular weight excluding hydrogens is 464 g/mol. The molecule has 0 atom stereocenters. The minimum Gasteiger partial charge on any atom is -0.365 e. The largest absolute Gasteiger partial charge is 0.365 e. The molecule has 5 rings (SSSR count). The fourth-order valence-electron chi connectivity index (χ4n) is 4.62. The van der Waals surface area contributed by atoms with E-state index in [0.29, 0.717) is 32.8 Å². The van der Waals surface area contributed by atoms with Gasteiger partial charge in [0.2, 0.25) is 0 Å². The lowest BCUT2D eigenvalue weighted by atomic mass is 9.94. The number of hydrogen-bond donors (Lipinski definition) is 1. The number of carbonyl (C=O) groups is 1. The average Bonchev–Trinajstić information content (AvgIpc) is 3.14. The van der Waals surface area contributed by atoms with Crippen molar-refractivity contribution in [1.29, 1.82) is 0 Å². The third kappa shape index (κ3) is 4.40. The third-order valence-electron chi connectivity index (χ3n) is 6.43. The standard InChI is InChI=1S/C26H26N4O2S2/c1-17-9-8-14-29-23(17)28-22(27-16-18-10-4-2-5-11-18)20(24(29)31)15-21-25(32)30(26(33)34-21)19-12-6-3-7-13-19/h2,4-5,8-11,14-15,19,27H,3,6-7,12-13,16H2,1H3/b21-15+. The van der Waals surface area contributed by atoms with Gasteiger partial charge in [0.1, 0.15) is 15.8 Å². The zero-order valence-electron chi connectivity index (χ0n) is 19.0. The minimum atomic E-state index is -0.216. The molecule has 8 heteroatoms. The van der Waals surface area contributed by atoms with Gasteiger partial charge in [-0.25, -0.2) is 4.98 Å². The summed E-state index contributed by atoms with van der Waals surface area (Å²) >= 11 is 6.86. The van der Waals surface area contributed by atoms with E-state index in [1.54, 1.807) is 17.2 Å². The van der Waals surface area contributed by atoms with Crippen molar-refractivity contribution in [3.05, 3.63) is 80.6 Å². The number of nitrogens with zero attached hydrogens (tertiary/aromatic N) is 3. The number of carbonyl (C=O) groups excluding carboxylic acids is 1. The fourth-order valence-corrected chi connectivity index (χ4v) is 6.01. The second kappa shape index (κ2) is 9.72. The van der Waals surface area contributed by atoms with Crippen LogP contribution >= 0.6 is 24.0 Å². The molecule has 1 saturated heterocycles. The van der Waals surface area contributed by atoms with E-state index in [9.17, 15) is 9.59 Å². The predicted molar refractivity (Wildman–Crippen MR) is 142 cm³/mol. The number of anilines is 1. The maximum atomic E-state index is 13.5. The number of pyridine rings is 1. The first-order valence-corrected chi connectivity index (χ1v) is 12.8. The Morgan fingerprint density at radius 3 is 2.65 bits per heavy atom. The molecule has 1 aromatic carbocycles. The van der Waals surface area contributed by atoms with Gasteiger partial charge in [0, 0.05) is 18.8 Å². The highest BCUT2D eigenvalue weighted by Gasteiger charge is 2.37. The Morgan fingerprint density at radius 2 is 1.88 bits per heavy atom. The summed E-state index contributed by atoms with van der Waals surface area (Å²) in [6, 6.07) is 13.9. The maximum absolute atomic E-state index is 13.5. The number of aryl methyl sites for hydroxylation is 1. The van der Waals surface area contributed by atoms with Crippen LogP contribution in [0.25, 0.3) is 11.7 Å². The summed E-state index contributed by atoms with van der Waals surface area (Å²) in [4.78, 5) is 33.9. The van der Waals surface area contributed by atoms with Crippen molar-refractivity contribution in [1.82, 2.24) is 14.3 Å². The molecule has 0 radical (unpaired) electrons. The number of hydrogen-bond acceptors (Lipinski definition) is 6. The van der Waals surface area contributed by atoms with Crippen LogP contribution < -0.4 is 10.9 Å². The normalized spacial score (nSPS) is 18.3. The maximum Gasteiger partial charge on any atom is 0.267 e. The highest BCUT2D eigenvalue weighted by atomic mass is 32.2. The summed E-state index contributed by atoms with van der Waals surface area (Å²) in [5.41, 5.74) is 2.71. The van der Waals surface area contributed by atoms with Crippen LogP contribution in [0.3, 0.4) is 0 Å². The van der Waals surface area contributed by atoms with Crippen molar-refractivity contribution in [3.63, 3.8) is 0 Å². The molecule has 34 heavy (non-hydrogen) atoms. The second-order valence-corrected chi connectivity index (χ2v) is 10.4. The minimum absolute atomic E-state index is 0.107. The van der Waals surface area contributed by atoms with E-state index in [1.807, 2.05) is 49.4 Å². The summed E-state index contributed by atoms with van der Waals surface area (Å²) in [6.07, 6.45) is 8.76. The molecule has 3 heterocycles. The first-order valence-electron chi connectivity index (χ1n) is 11.6. The van der Waals surface area contributed by atoms with E-state index in [1.165, 1.54) is 22.6 Å². The molecule has 1 aliphatic carbocycles. The predicted octanol–water partition coefficient (Wildman–Crippen LogP) is 5.15. The van der Waals surface area contributed by atoms with E-state index in [-0.39, 0.29) is 17.5 Å². The van der Waals surface area contributed by atoms with Crippen molar-refractivity contribution in [2.45, 2.75) is 51.6 Å². The highest BCUT2D eigenvalue weighted by molar-refractivity contribution is 8.26. The summed E-state index contributed by atoms with van der Waals surface area (Å²) in [6.45, 7) is 2.44. The Morgan fingerprint density at radius 1 is 1.12 bits per heavy atom. The van der Waals surface area contributed by atoms with Gasteiger partial charge in [-0.2, -0.15) is 0 Å². The Labute approximate surface area is 208 Å². The first-order chi connectivity index (χ1) is 16.5. The molecule has 1 N–H and O–H groups in total. The number of thioether (sulfide) groups is 1. The zero-order chi connectivity index (χ0) is 23.7. The molecular formula is C26H26N4O2S2. The topological polar surface area (TPSA) is 66.7 Å². The van der Waals surface area contributed by atoms with Crippen molar-refractivity contribution in [2.24, 2.45) is 0 Å². The molecule has 0 spiro atoms. The molecule has 1 saturated carbocycles. The SMILES string of the molecule is Cc1cccn2c(=O)c(/C=C3/SC(=S)N(C4CCCCC4)C3=O)c(NCc3ccccc3)nc12. The van der Waals surface area contributed by atoms with Gasteiger partial charge >= 0.3 is 0 Å². The molecule has 174 valence electrons. The third-order valence-corrected chi connectivity index (χ3v) is 7.76. The Bertz CT molecular complexity index is 1340. The van der Waals surface area contributed by atoms with Crippen LogP contribution in [0.5, 0.6) is 0 Å². The van der Waals surface area contributed by atoms with Crippen LogP contribution in [0.4, 0.5) is 5.82 Å². The summed E-state index contributed by atoms with van der Waals surface area (Å²) < 4.78 is 2.11. The van der Waals surface area contributed by atoms with Gasteiger partial charge in [-0.1, -0.05) is 79.6 Å². The van der Waals surface area contributed by atoms with E-state index in [0.717, 1.165) is 36.8 Å². The molecule has 2 aromatic heterocycles. The van der Waals surface area contributed by atoms with Gasteiger partial charge in [-0.05, 0) is 43.0 Å². The van der Waals surface area contributed by atoms with Gasteiger partial charge in [0.05, 0.1) is 10.5 Å².